The zero-order valence-corrected chi connectivity index (χ0v) is 71.1. The quantitative estimate of drug-likeness (QED) is 0.0269. The van der Waals surface area contributed by atoms with Gasteiger partial charge in [-0.05, 0) is 183 Å². The Morgan fingerprint density at radius 1 is 0.230 bits per heavy atom. The second-order valence-electron chi connectivity index (χ2n) is 26.9. The molecule has 6 rings (SSSR count). The van der Waals surface area contributed by atoms with Crippen LogP contribution in [-0.4, -0.2) is 0 Å². The molecule has 6 nitrogen and oxygen atoms in total. The van der Waals surface area contributed by atoms with Gasteiger partial charge in [0, 0.05) is 14.7 Å². The normalized spacial score (nSPS) is 12.9. The SMILES string of the molecule is CCCCCCCCc1ccc(OP([O-])(=S)Sc2ccc(CCCCCCCC)cc2)cc1.CCCCCCCCc1ccc(OP([O-])(=S)Sc2ccc(CCCCCCCC)cc2)cc1.CCCCCCCCc1ccc(OP([O-])(=S)Sc2ccc(CCCCCCCC)cc2)cc1.[Cr+3]. The van der Waals surface area contributed by atoms with Gasteiger partial charge in [-0.3, -0.25) is 0 Å². The molecule has 0 heterocycles. The molecule has 6 aromatic carbocycles. The third kappa shape index (κ3) is 46.9. The molecular weight excluding hydrogens is 1440 g/mol. The van der Waals surface area contributed by atoms with Gasteiger partial charge in [-0.25, -0.2) is 0 Å². The molecule has 0 spiro atoms. The number of hydrogen-bond acceptors (Lipinski definition) is 12. The Kier molecular flexibility index (Phi) is 53.8. The number of aryl methyl sites for hydroxylation is 6. The van der Waals surface area contributed by atoms with Crippen LogP contribution < -0.4 is 28.3 Å². The first-order chi connectivity index (χ1) is 48.1. The first-order valence-corrected chi connectivity index (χ1v) is 50.9. The number of unbranched alkanes of at least 4 members (excludes halogenated alkanes) is 30. The van der Waals surface area contributed by atoms with Gasteiger partial charge in [0.1, 0.15) is 34.3 Å². The minimum Gasteiger partial charge on any atom is -0.783 e. The fourth-order valence-electron chi connectivity index (χ4n) is 11.8. The zero-order valence-electron chi connectivity index (χ0n) is 62.2. The number of benzene rings is 6. The van der Waals surface area contributed by atoms with Crippen molar-refractivity contribution in [2.24, 2.45) is 0 Å². The van der Waals surface area contributed by atoms with Crippen LogP contribution in [0.2, 0.25) is 0 Å². The Hall–Kier alpha value is -1.87. The van der Waals surface area contributed by atoms with Crippen LogP contribution in [0.4, 0.5) is 0 Å². The first kappa shape index (κ1) is 92.3. The maximum atomic E-state index is 12.9. The van der Waals surface area contributed by atoms with Crippen molar-refractivity contribution < 1.29 is 45.6 Å². The van der Waals surface area contributed by atoms with Gasteiger partial charge < -0.3 is 28.3 Å². The second-order valence-corrected chi connectivity index (χ2v) is 44.4. The minimum atomic E-state index is -3.24. The Labute approximate surface area is 648 Å². The number of rotatable bonds is 54. The fourth-order valence-corrected chi connectivity index (χ4v) is 22.2. The summed E-state index contributed by atoms with van der Waals surface area (Å²) in [6, 6.07) is 48.7. The van der Waals surface area contributed by atoms with Gasteiger partial charge in [0.25, 0.3) is 0 Å². The summed E-state index contributed by atoms with van der Waals surface area (Å²) >= 11 is 19.4. The van der Waals surface area contributed by atoms with Crippen molar-refractivity contribution in [3.8, 4) is 17.2 Å². The minimum absolute atomic E-state index is 0. The van der Waals surface area contributed by atoms with E-state index < -0.39 is 17.1 Å². The van der Waals surface area contributed by atoms with Gasteiger partial charge >= 0.3 is 17.4 Å². The maximum absolute atomic E-state index is 12.9. The van der Waals surface area contributed by atoms with Crippen molar-refractivity contribution in [2.45, 2.75) is 326 Å². The van der Waals surface area contributed by atoms with E-state index in [2.05, 4.69) is 114 Å². The molecule has 0 aromatic heterocycles. The number of hydrogen-bond donors (Lipinski definition) is 0. The van der Waals surface area contributed by atoms with Crippen molar-refractivity contribution in [3.05, 3.63) is 179 Å². The van der Waals surface area contributed by atoms with Crippen molar-refractivity contribution in [1.82, 2.24) is 0 Å². The predicted octanol–water partition coefficient (Wildman–Crippen LogP) is 27.7. The van der Waals surface area contributed by atoms with E-state index in [1.54, 1.807) is 0 Å². The molecule has 0 aliphatic rings. The third-order valence-corrected chi connectivity index (χ3v) is 28.4. The molecule has 0 N–H and O–H groups in total. The van der Waals surface area contributed by atoms with Crippen molar-refractivity contribution in [1.29, 1.82) is 0 Å². The monoisotopic (exact) mass is 1570 g/mol. The van der Waals surface area contributed by atoms with Gasteiger partial charge in [0.15, 0.2) is 0 Å². The van der Waals surface area contributed by atoms with Crippen molar-refractivity contribution in [2.75, 3.05) is 0 Å². The first-order valence-electron chi connectivity index (χ1n) is 38.7. The van der Waals surface area contributed by atoms with E-state index in [0.29, 0.717) is 17.2 Å². The van der Waals surface area contributed by atoms with Crippen LogP contribution in [0, 0.1) is 0 Å². The Morgan fingerprint density at radius 2 is 0.370 bits per heavy atom. The van der Waals surface area contributed by atoms with Crippen LogP contribution in [0.25, 0.3) is 0 Å². The molecule has 0 saturated heterocycles. The molecule has 0 amide bonds. The van der Waals surface area contributed by atoms with Crippen LogP contribution in [0.1, 0.15) is 306 Å². The standard InChI is InChI=1S/3C28H43O2PS2.Cr/c3*1-3-5-7-9-11-13-15-25-17-21-27(22-18-25)30-31(29,32)33-28-23-19-26(20-24-28)16-14-12-10-8-6-4-2;/h3*17-24H,3-16H2,1-2H3,(H,29,32);/q;;;+3/p-3. The van der Waals surface area contributed by atoms with E-state index >= 15 is 0 Å². The maximum Gasteiger partial charge on any atom is 3.00 e. The summed E-state index contributed by atoms with van der Waals surface area (Å²) in [4.78, 5) is 41.3. The topological polar surface area (TPSA) is 96.9 Å². The Balaban J connectivity index is 0.000000388. The summed E-state index contributed by atoms with van der Waals surface area (Å²) in [6.45, 7) is 13.5. The van der Waals surface area contributed by atoms with E-state index in [0.717, 1.165) is 87.4 Å². The molecule has 16 heteroatoms. The molecular formula is C84H126CrO6P3S6. The van der Waals surface area contributed by atoms with E-state index in [4.69, 9.17) is 49.0 Å². The molecule has 3 atom stereocenters. The summed E-state index contributed by atoms with van der Waals surface area (Å²) in [7, 11) is 0. The molecule has 0 bridgehead atoms. The van der Waals surface area contributed by atoms with Crippen LogP contribution in [0.5, 0.6) is 17.2 Å². The van der Waals surface area contributed by atoms with Gasteiger partial charge in [-0.15, -0.1) is 0 Å². The van der Waals surface area contributed by atoms with Gasteiger partial charge in [-0.2, -0.15) is 0 Å². The molecule has 6 aromatic rings. The van der Waals surface area contributed by atoms with Crippen molar-refractivity contribution >= 4 is 86.6 Å². The Bertz CT molecular complexity index is 2560. The molecule has 555 valence electrons. The predicted molar refractivity (Wildman–Crippen MR) is 443 cm³/mol. The third-order valence-electron chi connectivity index (χ3n) is 17.8. The Morgan fingerprint density at radius 3 is 0.530 bits per heavy atom. The summed E-state index contributed by atoms with van der Waals surface area (Å²) in [5, 5.41) is 0. The van der Waals surface area contributed by atoms with Gasteiger partial charge in [0.05, 0.1) is 0 Å². The van der Waals surface area contributed by atoms with Gasteiger partial charge in [0.2, 0.25) is 0 Å². The molecule has 0 saturated carbocycles. The molecule has 3 unspecified atom stereocenters. The van der Waals surface area contributed by atoms with E-state index in [-0.39, 0.29) is 17.4 Å². The van der Waals surface area contributed by atoms with E-state index in [1.165, 1.54) is 265 Å². The average molecular weight is 1570 g/mol. The molecule has 0 aliphatic heterocycles. The van der Waals surface area contributed by atoms with Crippen LogP contribution >= 0.6 is 51.2 Å². The summed E-state index contributed by atoms with van der Waals surface area (Å²) < 4.78 is 17.1. The fraction of sp³-hybridized carbons (Fsp3) is 0.571. The van der Waals surface area contributed by atoms with Crippen LogP contribution in [0.15, 0.2) is 160 Å². The molecule has 100 heavy (non-hydrogen) atoms. The largest absolute Gasteiger partial charge is 3.00 e. The van der Waals surface area contributed by atoms with Crippen LogP contribution in [0.3, 0.4) is 0 Å². The smallest absolute Gasteiger partial charge is 0.783 e. The second kappa shape index (κ2) is 58.3. The molecule has 0 aliphatic carbocycles. The van der Waals surface area contributed by atoms with E-state index in [9.17, 15) is 14.7 Å². The molecule has 0 fully saturated rings. The zero-order chi connectivity index (χ0) is 71.3. The summed E-state index contributed by atoms with van der Waals surface area (Å²) in [6.07, 6.45) is 53.5. The van der Waals surface area contributed by atoms with Crippen LogP contribution in [-0.2, 0) is 91.3 Å². The molecule has 1 radical (unpaired) electrons. The van der Waals surface area contributed by atoms with Crippen molar-refractivity contribution in [3.63, 3.8) is 0 Å². The van der Waals surface area contributed by atoms with Gasteiger partial charge in [-0.1, -0.05) is 377 Å². The average Bonchev–Trinajstić information content (AvgIpc) is 0.872. The van der Waals surface area contributed by atoms with E-state index in [1.807, 2.05) is 72.8 Å². The summed E-state index contributed by atoms with van der Waals surface area (Å²) in [5.41, 5.74) is -1.84. The summed E-state index contributed by atoms with van der Waals surface area (Å²) in [5.74, 6) is 1.77.